The highest BCUT2D eigenvalue weighted by Gasteiger charge is 2.36. The summed E-state index contributed by atoms with van der Waals surface area (Å²) in [6.07, 6.45) is -0.244. The number of likely N-dealkylation sites (tertiary alicyclic amines) is 1. The number of likely N-dealkylation sites (N-methyl/N-ethyl adjacent to an activating group) is 1. The van der Waals surface area contributed by atoms with Crippen LogP contribution in [0, 0.1) is 0 Å². The van der Waals surface area contributed by atoms with E-state index in [-0.39, 0.29) is 12.1 Å². The van der Waals surface area contributed by atoms with Crippen LogP contribution in [0.25, 0.3) is 0 Å². The van der Waals surface area contributed by atoms with E-state index in [9.17, 15) is 5.11 Å². The van der Waals surface area contributed by atoms with Gasteiger partial charge in [0.1, 0.15) is 0 Å². The second-order valence-electron chi connectivity index (χ2n) is 8.23. The van der Waals surface area contributed by atoms with E-state index in [2.05, 4.69) is 82.2 Å². The molecule has 4 rings (SSSR count). The number of nitrogens with zero attached hydrogens (tertiary/aromatic N) is 4. The van der Waals surface area contributed by atoms with Crippen molar-refractivity contribution < 1.29 is 5.11 Å². The molecule has 1 N–H and O–H groups in total. The maximum atomic E-state index is 10.6. The minimum Gasteiger partial charge on any atom is -0.390 e. The quantitative estimate of drug-likeness (QED) is 0.860. The van der Waals surface area contributed by atoms with Crippen LogP contribution in [0.15, 0.2) is 54.6 Å². The van der Waals surface area contributed by atoms with Gasteiger partial charge in [0.15, 0.2) is 0 Å². The van der Waals surface area contributed by atoms with Crippen LogP contribution < -0.4 is 4.90 Å². The molecule has 2 aromatic rings. The molecular weight excluding hydrogens is 348 g/mol. The molecule has 2 atom stereocenters. The fourth-order valence-corrected chi connectivity index (χ4v) is 4.37. The average molecular weight is 381 g/mol. The van der Waals surface area contributed by atoms with Gasteiger partial charge in [0.05, 0.1) is 6.10 Å². The van der Waals surface area contributed by atoms with E-state index in [4.69, 9.17) is 0 Å². The van der Waals surface area contributed by atoms with E-state index < -0.39 is 0 Å². The molecule has 0 saturated carbocycles. The van der Waals surface area contributed by atoms with Crippen molar-refractivity contribution in [2.45, 2.75) is 18.7 Å². The molecule has 5 heteroatoms. The molecule has 2 fully saturated rings. The van der Waals surface area contributed by atoms with E-state index in [0.29, 0.717) is 0 Å². The normalized spacial score (nSPS) is 24.5. The minimum atomic E-state index is -0.244. The predicted octanol–water partition coefficient (Wildman–Crippen LogP) is 2.25. The predicted molar refractivity (Wildman–Crippen MR) is 115 cm³/mol. The van der Waals surface area contributed by atoms with Crippen molar-refractivity contribution >= 4 is 11.4 Å². The van der Waals surface area contributed by atoms with Crippen LogP contribution in [0.1, 0.15) is 5.56 Å². The number of hydrogen-bond acceptors (Lipinski definition) is 5. The molecular formula is C23H32N4O. The zero-order valence-electron chi connectivity index (χ0n) is 17.0. The first-order chi connectivity index (χ1) is 13.6. The number of para-hydroxylation sites is 1. The van der Waals surface area contributed by atoms with Gasteiger partial charge in [0.2, 0.25) is 0 Å². The average Bonchev–Trinajstić information content (AvgIpc) is 3.09. The summed E-state index contributed by atoms with van der Waals surface area (Å²) < 4.78 is 0. The largest absolute Gasteiger partial charge is 0.390 e. The van der Waals surface area contributed by atoms with Crippen LogP contribution in [0.5, 0.6) is 0 Å². The highest BCUT2D eigenvalue weighted by molar-refractivity contribution is 5.62. The van der Waals surface area contributed by atoms with E-state index in [1.807, 2.05) is 6.07 Å². The maximum Gasteiger partial charge on any atom is 0.0834 e. The van der Waals surface area contributed by atoms with Gasteiger partial charge in [-0.25, -0.2) is 0 Å². The van der Waals surface area contributed by atoms with E-state index in [1.54, 1.807) is 0 Å². The van der Waals surface area contributed by atoms with Gasteiger partial charge >= 0.3 is 0 Å². The van der Waals surface area contributed by atoms with Gasteiger partial charge in [-0.15, -0.1) is 0 Å². The topological polar surface area (TPSA) is 33.2 Å². The van der Waals surface area contributed by atoms with Crippen molar-refractivity contribution in [1.82, 2.24) is 14.7 Å². The maximum absolute atomic E-state index is 10.6. The molecule has 0 radical (unpaired) electrons. The van der Waals surface area contributed by atoms with Crippen LogP contribution in [-0.4, -0.2) is 85.3 Å². The van der Waals surface area contributed by atoms with Crippen LogP contribution in [0.4, 0.5) is 11.4 Å². The molecule has 0 aliphatic carbocycles. The SMILES string of the molecule is CN1CCN([C@@H]2CN(Cc3ccc(N(C)c4ccccc4)cc3)C[C@H]2O)CC1. The minimum absolute atomic E-state index is 0.244. The van der Waals surface area contributed by atoms with Crippen molar-refractivity contribution in [3.8, 4) is 0 Å². The molecule has 0 bridgehead atoms. The molecule has 0 spiro atoms. The summed E-state index contributed by atoms with van der Waals surface area (Å²) in [7, 11) is 4.27. The number of piperazine rings is 1. The molecule has 2 heterocycles. The summed E-state index contributed by atoms with van der Waals surface area (Å²) in [4.78, 5) is 9.43. The first-order valence-electron chi connectivity index (χ1n) is 10.3. The van der Waals surface area contributed by atoms with Crippen molar-refractivity contribution in [1.29, 1.82) is 0 Å². The molecule has 2 aliphatic heterocycles. The number of aliphatic hydroxyl groups excluding tert-OH is 1. The van der Waals surface area contributed by atoms with Crippen molar-refractivity contribution in [3.05, 3.63) is 60.2 Å². The fourth-order valence-electron chi connectivity index (χ4n) is 4.37. The standard InChI is InChI=1S/C23H32N4O/c1-24-12-14-27(15-13-24)22-17-26(18-23(22)28)16-19-8-10-21(11-9-19)25(2)20-6-4-3-5-7-20/h3-11,22-23,28H,12-18H2,1-2H3/t22-,23-/m1/s1. The van der Waals surface area contributed by atoms with E-state index in [1.165, 1.54) is 16.9 Å². The first-order valence-corrected chi connectivity index (χ1v) is 10.3. The lowest BCUT2D eigenvalue weighted by Gasteiger charge is -2.37. The summed E-state index contributed by atoms with van der Waals surface area (Å²) in [6, 6.07) is 19.5. The van der Waals surface area contributed by atoms with E-state index in [0.717, 1.165) is 45.8 Å². The number of rotatable bonds is 5. The molecule has 150 valence electrons. The Morgan fingerprint density at radius 3 is 2.21 bits per heavy atom. The van der Waals surface area contributed by atoms with Crippen molar-refractivity contribution in [2.24, 2.45) is 0 Å². The van der Waals surface area contributed by atoms with Gasteiger partial charge in [-0.05, 0) is 36.9 Å². The Bertz CT molecular complexity index is 743. The third-order valence-electron chi connectivity index (χ3n) is 6.21. The molecule has 0 amide bonds. The molecule has 28 heavy (non-hydrogen) atoms. The van der Waals surface area contributed by atoms with Crippen LogP contribution in [-0.2, 0) is 6.54 Å². The van der Waals surface area contributed by atoms with Gasteiger partial charge in [-0.1, -0.05) is 30.3 Å². The molecule has 5 nitrogen and oxygen atoms in total. The molecule has 2 aromatic carbocycles. The van der Waals surface area contributed by atoms with Crippen molar-refractivity contribution in [3.63, 3.8) is 0 Å². The third-order valence-corrected chi connectivity index (χ3v) is 6.21. The van der Waals surface area contributed by atoms with Crippen molar-refractivity contribution in [2.75, 3.05) is 58.3 Å². The molecule has 2 saturated heterocycles. The zero-order valence-corrected chi connectivity index (χ0v) is 17.0. The van der Waals surface area contributed by atoms with Crippen LogP contribution in [0.2, 0.25) is 0 Å². The summed E-state index contributed by atoms with van der Waals surface area (Å²) >= 11 is 0. The Morgan fingerprint density at radius 1 is 0.893 bits per heavy atom. The van der Waals surface area contributed by atoms with Gasteiger partial charge in [0.25, 0.3) is 0 Å². The molecule has 0 aromatic heterocycles. The Labute approximate surface area is 168 Å². The summed E-state index contributed by atoms with van der Waals surface area (Å²) in [5.74, 6) is 0. The number of anilines is 2. The Hall–Kier alpha value is -1.92. The van der Waals surface area contributed by atoms with Gasteiger partial charge in [-0.2, -0.15) is 0 Å². The zero-order chi connectivity index (χ0) is 19.5. The Balaban J connectivity index is 1.34. The smallest absolute Gasteiger partial charge is 0.0834 e. The fraction of sp³-hybridized carbons (Fsp3) is 0.478. The monoisotopic (exact) mass is 380 g/mol. The van der Waals surface area contributed by atoms with E-state index >= 15 is 0 Å². The Morgan fingerprint density at radius 2 is 1.54 bits per heavy atom. The number of β-amino-alcohol motifs (C(OH)–C–C–N with tert-alkyl or cyclic N) is 1. The van der Waals surface area contributed by atoms with Crippen LogP contribution >= 0.6 is 0 Å². The van der Waals surface area contributed by atoms with Gasteiger partial charge in [0, 0.05) is 70.3 Å². The molecule has 0 unspecified atom stereocenters. The Kier molecular flexibility index (Phi) is 5.97. The second-order valence-corrected chi connectivity index (χ2v) is 8.23. The third kappa shape index (κ3) is 4.39. The van der Waals surface area contributed by atoms with Gasteiger partial charge in [-0.3, -0.25) is 9.80 Å². The first kappa shape index (κ1) is 19.4. The summed E-state index contributed by atoms with van der Waals surface area (Å²) in [5, 5.41) is 10.6. The number of benzene rings is 2. The number of hydrogen-bond donors (Lipinski definition) is 1. The lowest BCUT2D eigenvalue weighted by molar-refractivity contribution is 0.0512. The number of aliphatic hydroxyl groups is 1. The molecule has 2 aliphatic rings. The summed E-state index contributed by atoms with van der Waals surface area (Å²) in [6.45, 7) is 6.94. The van der Waals surface area contributed by atoms with Crippen LogP contribution in [0.3, 0.4) is 0 Å². The lowest BCUT2D eigenvalue weighted by Crippen LogP contribution is -2.52. The van der Waals surface area contributed by atoms with Gasteiger partial charge < -0.3 is 14.9 Å². The highest BCUT2D eigenvalue weighted by atomic mass is 16.3. The lowest BCUT2D eigenvalue weighted by atomic mass is 10.1. The summed E-state index contributed by atoms with van der Waals surface area (Å²) in [5.41, 5.74) is 3.68. The second kappa shape index (κ2) is 8.62. The highest BCUT2D eigenvalue weighted by Crippen LogP contribution is 2.25.